The van der Waals surface area contributed by atoms with Crippen LogP contribution in [-0.4, -0.2) is 32.8 Å². The maximum Gasteiger partial charge on any atom is 0.160 e. The van der Waals surface area contributed by atoms with Crippen molar-refractivity contribution in [1.29, 1.82) is 0 Å². The highest BCUT2D eigenvalue weighted by molar-refractivity contribution is 5.91. The van der Waals surface area contributed by atoms with Crippen molar-refractivity contribution in [2.24, 2.45) is 7.05 Å². The van der Waals surface area contributed by atoms with Crippen LogP contribution in [0, 0.1) is 0 Å². The highest BCUT2D eigenvalue weighted by Gasteiger charge is 2.15. The minimum atomic E-state index is 0.912. The van der Waals surface area contributed by atoms with Crippen molar-refractivity contribution < 1.29 is 0 Å². The first kappa shape index (κ1) is 13.5. The van der Waals surface area contributed by atoms with Gasteiger partial charge in [0, 0.05) is 44.3 Å². The van der Waals surface area contributed by atoms with Gasteiger partial charge in [-0.2, -0.15) is 5.10 Å². The second kappa shape index (κ2) is 5.52. The van der Waals surface area contributed by atoms with E-state index in [2.05, 4.69) is 39.9 Å². The SMILES string of the molecule is CCN(CC)c1nn(C)c2ncc(-c3ccncc3)cc12. The lowest BCUT2D eigenvalue weighted by Crippen LogP contribution is -2.22. The van der Waals surface area contributed by atoms with Crippen molar-refractivity contribution >= 4 is 16.9 Å². The Bertz CT molecular complexity index is 744. The lowest BCUT2D eigenvalue weighted by atomic mass is 10.1. The summed E-state index contributed by atoms with van der Waals surface area (Å²) >= 11 is 0. The molecule has 0 atom stereocenters. The molecular formula is C16H19N5. The van der Waals surface area contributed by atoms with Crippen LogP contribution in [0.4, 0.5) is 5.82 Å². The zero-order valence-electron chi connectivity index (χ0n) is 12.6. The molecule has 3 aromatic rings. The minimum absolute atomic E-state index is 0.912. The molecule has 3 rings (SSSR count). The fourth-order valence-electron chi connectivity index (χ4n) is 2.58. The van der Waals surface area contributed by atoms with Crippen molar-refractivity contribution in [3.8, 4) is 11.1 Å². The summed E-state index contributed by atoms with van der Waals surface area (Å²) in [5, 5.41) is 5.73. The van der Waals surface area contributed by atoms with Gasteiger partial charge in [0.1, 0.15) is 0 Å². The number of rotatable bonds is 4. The standard InChI is InChI=1S/C16H19N5/c1-4-21(5-2)16-14-10-13(12-6-8-17-9-7-12)11-18-15(14)20(3)19-16/h6-11H,4-5H2,1-3H3. The molecule has 0 aliphatic carbocycles. The Morgan fingerprint density at radius 3 is 2.48 bits per heavy atom. The van der Waals surface area contributed by atoms with E-state index in [1.54, 1.807) is 12.4 Å². The molecule has 3 aromatic heterocycles. The molecule has 0 amide bonds. The van der Waals surface area contributed by atoms with Gasteiger partial charge in [0.25, 0.3) is 0 Å². The molecule has 0 radical (unpaired) electrons. The summed E-state index contributed by atoms with van der Waals surface area (Å²) in [6.45, 7) is 6.15. The van der Waals surface area contributed by atoms with Gasteiger partial charge in [-0.05, 0) is 37.6 Å². The van der Waals surface area contributed by atoms with Crippen LogP contribution < -0.4 is 4.90 Å². The van der Waals surface area contributed by atoms with E-state index in [0.29, 0.717) is 0 Å². The Labute approximate surface area is 124 Å². The molecule has 0 bridgehead atoms. The molecule has 0 N–H and O–H groups in total. The van der Waals surface area contributed by atoms with Gasteiger partial charge in [-0.3, -0.25) is 4.98 Å². The van der Waals surface area contributed by atoms with Gasteiger partial charge in [0.05, 0.1) is 5.39 Å². The van der Waals surface area contributed by atoms with Crippen molar-refractivity contribution in [2.45, 2.75) is 13.8 Å². The number of nitrogens with zero attached hydrogens (tertiary/aromatic N) is 5. The molecule has 0 aliphatic rings. The summed E-state index contributed by atoms with van der Waals surface area (Å²) in [7, 11) is 1.94. The summed E-state index contributed by atoms with van der Waals surface area (Å²) < 4.78 is 1.85. The summed E-state index contributed by atoms with van der Waals surface area (Å²) in [5.74, 6) is 1.00. The van der Waals surface area contributed by atoms with Crippen LogP contribution in [0.15, 0.2) is 36.8 Å². The fourth-order valence-corrected chi connectivity index (χ4v) is 2.58. The van der Waals surface area contributed by atoms with Crippen LogP contribution in [0.25, 0.3) is 22.2 Å². The molecular weight excluding hydrogens is 262 g/mol. The number of pyridine rings is 2. The maximum atomic E-state index is 4.63. The molecule has 21 heavy (non-hydrogen) atoms. The van der Waals surface area contributed by atoms with E-state index >= 15 is 0 Å². The number of hydrogen-bond acceptors (Lipinski definition) is 4. The normalized spacial score (nSPS) is 11.0. The van der Waals surface area contributed by atoms with Crippen LogP contribution in [0.3, 0.4) is 0 Å². The van der Waals surface area contributed by atoms with Gasteiger partial charge >= 0.3 is 0 Å². The Hall–Kier alpha value is -2.43. The third-order valence-electron chi connectivity index (χ3n) is 3.74. The Kier molecular flexibility index (Phi) is 3.56. The van der Waals surface area contributed by atoms with E-state index in [0.717, 1.165) is 41.1 Å². The van der Waals surface area contributed by atoms with Crippen molar-refractivity contribution in [2.75, 3.05) is 18.0 Å². The number of aromatic nitrogens is 4. The zero-order chi connectivity index (χ0) is 14.8. The molecule has 5 heteroatoms. The monoisotopic (exact) mass is 281 g/mol. The summed E-state index contributed by atoms with van der Waals surface area (Å²) in [4.78, 5) is 10.9. The van der Waals surface area contributed by atoms with Gasteiger partial charge in [-0.1, -0.05) is 0 Å². The van der Waals surface area contributed by atoms with Crippen LogP contribution in [0.2, 0.25) is 0 Å². The molecule has 0 unspecified atom stereocenters. The van der Waals surface area contributed by atoms with Gasteiger partial charge in [0.2, 0.25) is 0 Å². The smallest absolute Gasteiger partial charge is 0.160 e. The van der Waals surface area contributed by atoms with E-state index in [9.17, 15) is 0 Å². The molecule has 3 heterocycles. The van der Waals surface area contributed by atoms with Gasteiger partial charge in [0.15, 0.2) is 11.5 Å². The zero-order valence-corrected chi connectivity index (χ0v) is 12.6. The number of anilines is 1. The molecule has 5 nitrogen and oxygen atoms in total. The topological polar surface area (TPSA) is 46.8 Å². The van der Waals surface area contributed by atoms with E-state index in [-0.39, 0.29) is 0 Å². The molecule has 0 saturated heterocycles. The Morgan fingerprint density at radius 2 is 1.81 bits per heavy atom. The maximum absolute atomic E-state index is 4.63. The summed E-state index contributed by atoms with van der Waals surface area (Å²) in [5.41, 5.74) is 3.12. The number of fused-ring (bicyclic) bond motifs is 1. The first-order chi connectivity index (χ1) is 10.2. The molecule has 0 spiro atoms. The summed E-state index contributed by atoms with van der Waals surface area (Å²) in [6, 6.07) is 6.16. The lowest BCUT2D eigenvalue weighted by molar-refractivity contribution is 0.757. The average molecular weight is 281 g/mol. The predicted molar refractivity (Wildman–Crippen MR) is 85.3 cm³/mol. The molecule has 0 fully saturated rings. The van der Waals surface area contributed by atoms with Crippen LogP contribution in [0.1, 0.15) is 13.8 Å². The number of hydrogen-bond donors (Lipinski definition) is 0. The van der Waals surface area contributed by atoms with Gasteiger partial charge < -0.3 is 4.90 Å². The largest absolute Gasteiger partial charge is 0.355 e. The van der Waals surface area contributed by atoms with Gasteiger partial charge in [-0.15, -0.1) is 0 Å². The first-order valence-corrected chi connectivity index (χ1v) is 7.22. The van der Waals surface area contributed by atoms with Crippen molar-refractivity contribution in [3.05, 3.63) is 36.8 Å². The minimum Gasteiger partial charge on any atom is -0.355 e. The molecule has 0 saturated carbocycles. The molecule has 0 aliphatic heterocycles. The second-order valence-corrected chi connectivity index (χ2v) is 4.95. The van der Waals surface area contributed by atoms with E-state index in [4.69, 9.17) is 0 Å². The van der Waals surface area contributed by atoms with Crippen molar-refractivity contribution in [3.63, 3.8) is 0 Å². The fraction of sp³-hybridized carbons (Fsp3) is 0.312. The highest BCUT2D eigenvalue weighted by atomic mass is 15.4. The Balaban J connectivity index is 2.18. The highest BCUT2D eigenvalue weighted by Crippen LogP contribution is 2.28. The van der Waals surface area contributed by atoms with E-state index < -0.39 is 0 Å². The third-order valence-corrected chi connectivity index (χ3v) is 3.74. The third kappa shape index (κ3) is 2.35. The van der Waals surface area contributed by atoms with Crippen LogP contribution in [0.5, 0.6) is 0 Å². The van der Waals surface area contributed by atoms with Crippen molar-refractivity contribution in [1.82, 2.24) is 19.7 Å². The van der Waals surface area contributed by atoms with Crippen LogP contribution >= 0.6 is 0 Å². The molecule has 0 aromatic carbocycles. The summed E-state index contributed by atoms with van der Waals surface area (Å²) in [6.07, 6.45) is 5.49. The van der Waals surface area contributed by atoms with E-state index in [1.165, 1.54) is 0 Å². The van der Waals surface area contributed by atoms with Crippen LogP contribution in [-0.2, 0) is 7.05 Å². The first-order valence-electron chi connectivity index (χ1n) is 7.22. The quantitative estimate of drug-likeness (QED) is 0.737. The predicted octanol–water partition coefficient (Wildman–Crippen LogP) is 2.88. The second-order valence-electron chi connectivity index (χ2n) is 4.95. The molecule has 108 valence electrons. The average Bonchev–Trinajstić information content (AvgIpc) is 2.86. The van der Waals surface area contributed by atoms with Gasteiger partial charge in [-0.25, -0.2) is 9.67 Å². The Morgan fingerprint density at radius 1 is 1.10 bits per heavy atom. The number of aryl methyl sites for hydroxylation is 1. The van der Waals surface area contributed by atoms with E-state index in [1.807, 2.05) is 30.1 Å². The lowest BCUT2D eigenvalue weighted by Gasteiger charge is -2.18.